The van der Waals surface area contributed by atoms with Crippen molar-refractivity contribution in [1.82, 2.24) is 10.6 Å². The molecule has 0 heterocycles. The minimum atomic E-state index is -0.302. The van der Waals surface area contributed by atoms with Gasteiger partial charge < -0.3 is 20.1 Å². The van der Waals surface area contributed by atoms with Gasteiger partial charge in [-0.3, -0.25) is 4.79 Å². The van der Waals surface area contributed by atoms with Crippen LogP contribution in [0.25, 0.3) is 0 Å². The normalized spacial score (nSPS) is 12.0. The average Bonchev–Trinajstić information content (AvgIpc) is 2.44. The van der Waals surface area contributed by atoms with E-state index >= 15 is 0 Å². The van der Waals surface area contributed by atoms with E-state index in [0.717, 1.165) is 20.3 Å². The van der Waals surface area contributed by atoms with E-state index in [2.05, 4.69) is 42.5 Å². The third-order valence-corrected chi connectivity index (χ3v) is 3.93. The first kappa shape index (κ1) is 18.4. The molecule has 0 bridgehead atoms. The first-order valence-electron chi connectivity index (χ1n) is 6.51. The van der Waals surface area contributed by atoms with Gasteiger partial charge in [-0.15, -0.1) is 0 Å². The van der Waals surface area contributed by atoms with Gasteiger partial charge in [-0.05, 0) is 35.0 Å². The smallest absolute Gasteiger partial charge is 0.236 e. The van der Waals surface area contributed by atoms with Crippen molar-refractivity contribution in [3.05, 3.63) is 26.6 Å². The fraction of sp³-hybridized carbons (Fsp3) is 0.500. The minimum Gasteiger partial charge on any atom is -0.495 e. The number of hydrogen-bond acceptors (Lipinski definition) is 4. The summed E-state index contributed by atoms with van der Waals surface area (Å²) in [6, 6.07) is 3.58. The summed E-state index contributed by atoms with van der Waals surface area (Å²) in [5.74, 6) is 0.706. The molecule has 0 aliphatic heterocycles. The molecule has 0 aliphatic rings. The van der Waals surface area contributed by atoms with Crippen LogP contribution in [0, 0.1) is 0 Å². The predicted molar refractivity (Wildman–Crippen MR) is 89.6 cm³/mol. The van der Waals surface area contributed by atoms with Crippen LogP contribution in [0.1, 0.15) is 12.5 Å². The van der Waals surface area contributed by atoms with Gasteiger partial charge in [0.2, 0.25) is 5.91 Å². The monoisotopic (exact) mass is 422 g/mol. The van der Waals surface area contributed by atoms with Crippen molar-refractivity contribution in [3.8, 4) is 5.75 Å². The molecule has 5 nitrogen and oxygen atoms in total. The molecule has 0 saturated heterocycles. The molecule has 0 aromatic heterocycles. The molecule has 0 radical (unpaired) electrons. The summed E-state index contributed by atoms with van der Waals surface area (Å²) in [6.45, 7) is 3.36. The second-order valence-electron chi connectivity index (χ2n) is 4.47. The van der Waals surface area contributed by atoms with Crippen LogP contribution in [0.2, 0.25) is 0 Å². The molecule has 0 saturated carbocycles. The third-order valence-electron chi connectivity index (χ3n) is 2.89. The Morgan fingerprint density at radius 2 is 2.05 bits per heavy atom. The second-order valence-corrected chi connectivity index (χ2v) is 6.24. The number of rotatable bonds is 8. The summed E-state index contributed by atoms with van der Waals surface area (Å²) < 4.78 is 12.1. The zero-order valence-corrected chi connectivity index (χ0v) is 15.5. The highest BCUT2D eigenvalue weighted by atomic mass is 79.9. The first-order valence-corrected chi connectivity index (χ1v) is 8.10. The maximum absolute atomic E-state index is 11.8. The van der Waals surface area contributed by atoms with Gasteiger partial charge in [-0.25, -0.2) is 0 Å². The summed E-state index contributed by atoms with van der Waals surface area (Å²) in [4.78, 5) is 11.8. The van der Waals surface area contributed by atoms with Crippen molar-refractivity contribution in [2.45, 2.75) is 19.5 Å². The fourth-order valence-corrected chi connectivity index (χ4v) is 3.23. The number of nitrogens with one attached hydrogen (secondary N) is 2. The maximum Gasteiger partial charge on any atom is 0.236 e. The molecular weight excluding hydrogens is 404 g/mol. The van der Waals surface area contributed by atoms with Crippen LogP contribution < -0.4 is 15.4 Å². The zero-order chi connectivity index (χ0) is 15.8. The molecule has 118 valence electrons. The molecular formula is C14H20Br2N2O3. The standard InChI is InChI=1S/C14H20Br2N2O3/c1-9(14(19)17-4-5-20-2)18-8-10-6-11(15)7-12(16)13(10)21-3/h6-7,9,18H,4-5,8H2,1-3H3,(H,17,19). The third kappa shape index (κ3) is 5.94. The van der Waals surface area contributed by atoms with Gasteiger partial charge in [0, 0.05) is 30.2 Å². The van der Waals surface area contributed by atoms with E-state index in [0.29, 0.717) is 19.7 Å². The number of amides is 1. The van der Waals surface area contributed by atoms with E-state index in [-0.39, 0.29) is 11.9 Å². The highest BCUT2D eigenvalue weighted by molar-refractivity contribution is 9.11. The molecule has 1 atom stereocenters. The number of benzene rings is 1. The Kier molecular flexibility index (Phi) is 8.24. The highest BCUT2D eigenvalue weighted by Crippen LogP contribution is 2.32. The largest absolute Gasteiger partial charge is 0.495 e. The van der Waals surface area contributed by atoms with E-state index in [1.165, 1.54) is 0 Å². The minimum absolute atomic E-state index is 0.0555. The van der Waals surface area contributed by atoms with E-state index < -0.39 is 0 Å². The highest BCUT2D eigenvalue weighted by Gasteiger charge is 2.14. The molecule has 1 amide bonds. The van der Waals surface area contributed by atoms with Crippen LogP contribution >= 0.6 is 31.9 Å². The van der Waals surface area contributed by atoms with Gasteiger partial charge >= 0.3 is 0 Å². The lowest BCUT2D eigenvalue weighted by molar-refractivity contribution is -0.122. The van der Waals surface area contributed by atoms with Crippen molar-refractivity contribution >= 4 is 37.8 Å². The summed E-state index contributed by atoms with van der Waals surface area (Å²) in [7, 11) is 3.23. The predicted octanol–water partition coefficient (Wildman–Crippen LogP) is 2.46. The van der Waals surface area contributed by atoms with E-state index in [1.807, 2.05) is 19.1 Å². The maximum atomic E-state index is 11.8. The topological polar surface area (TPSA) is 59.6 Å². The lowest BCUT2D eigenvalue weighted by Gasteiger charge is -2.16. The molecule has 0 fully saturated rings. The number of hydrogen-bond donors (Lipinski definition) is 2. The Labute approximate surface area is 142 Å². The number of carbonyl (C=O) groups is 1. The number of carbonyl (C=O) groups excluding carboxylic acids is 1. The molecule has 21 heavy (non-hydrogen) atoms. The Balaban J connectivity index is 2.60. The Morgan fingerprint density at radius 3 is 2.67 bits per heavy atom. The van der Waals surface area contributed by atoms with E-state index in [4.69, 9.17) is 9.47 Å². The Morgan fingerprint density at radius 1 is 1.33 bits per heavy atom. The summed E-state index contributed by atoms with van der Waals surface area (Å²) >= 11 is 6.91. The molecule has 0 spiro atoms. The average molecular weight is 424 g/mol. The molecule has 2 N–H and O–H groups in total. The summed E-state index contributed by atoms with van der Waals surface area (Å²) in [5, 5.41) is 5.98. The van der Waals surface area contributed by atoms with Crippen LogP contribution in [-0.2, 0) is 16.1 Å². The lowest BCUT2D eigenvalue weighted by Crippen LogP contribution is -2.42. The van der Waals surface area contributed by atoms with Crippen molar-refractivity contribution in [3.63, 3.8) is 0 Å². The van der Waals surface area contributed by atoms with Gasteiger partial charge in [0.05, 0.1) is 24.2 Å². The van der Waals surface area contributed by atoms with Gasteiger partial charge in [0.25, 0.3) is 0 Å². The van der Waals surface area contributed by atoms with Crippen LogP contribution in [0.5, 0.6) is 5.75 Å². The van der Waals surface area contributed by atoms with Crippen molar-refractivity contribution in [1.29, 1.82) is 0 Å². The van der Waals surface area contributed by atoms with Gasteiger partial charge in [-0.1, -0.05) is 15.9 Å². The van der Waals surface area contributed by atoms with Crippen molar-refractivity contribution < 1.29 is 14.3 Å². The SMILES string of the molecule is COCCNC(=O)C(C)NCc1cc(Br)cc(Br)c1OC. The molecule has 0 aliphatic carbocycles. The van der Waals surface area contributed by atoms with Gasteiger partial charge in [0.15, 0.2) is 0 Å². The quantitative estimate of drug-likeness (QED) is 0.630. The Bertz CT molecular complexity index is 484. The first-order chi connectivity index (χ1) is 9.99. The van der Waals surface area contributed by atoms with Crippen LogP contribution in [0.4, 0.5) is 0 Å². The molecule has 1 rings (SSSR count). The number of halogens is 2. The van der Waals surface area contributed by atoms with Crippen molar-refractivity contribution in [2.75, 3.05) is 27.4 Å². The van der Waals surface area contributed by atoms with Gasteiger partial charge in [-0.2, -0.15) is 0 Å². The van der Waals surface area contributed by atoms with Crippen LogP contribution in [-0.4, -0.2) is 39.3 Å². The fourth-order valence-electron chi connectivity index (χ4n) is 1.76. The van der Waals surface area contributed by atoms with Crippen molar-refractivity contribution in [2.24, 2.45) is 0 Å². The van der Waals surface area contributed by atoms with Crippen LogP contribution in [0.3, 0.4) is 0 Å². The summed E-state index contributed by atoms with van der Waals surface area (Å²) in [6.07, 6.45) is 0. The second kappa shape index (κ2) is 9.40. The van der Waals surface area contributed by atoms with E-state index in [9.17, 15) is 4.79 Å². The molecule has 7 heteroatoms. The van der Waals surface area contributed by atoms with E-state index in [1.54, 1.807) is 14.2 Å². The van der Waals surface area contributed by atoms with Gasteiger partial charge in [0.1, 0.15) is 5.75 Å². The molecule has 1 unspecified atom stereocenters. The Hall–Kier alpha value is -0.630. The zero-order valence-electron chi connectivity index (χ0n) is 12.3. The molecule has 1 aromatic rings. The van der Waals surface area contributed by atoms with Crippen LogP contribution in [0.15, 0.2) is 21.1 Å². The summed E-state index contributed by atoms with van der Waals surface area (Å²) in [5.41, 5.74) is 0.968. The molecule has 1 aromatic carbocycles. The lowest BCUT2D eigenvalue weighted by atomic mass is 10.2. The number of ether oxygens (including phenoxy) is 2. The number of methoxy groups -OCH3 is 2.